The number of ketones is 1. The van der Waals surface area contributed by atoms with Crippen molar-refractivity contribution in [2.75, 3.05) is 0 Å². The number of allylic oxidation sites excluding steroid dienone is 1. The van der Waals surface area contributed by atoms with Gasteiger partial charge in [-0.25, -0.2) is 0 Å². The van der Waals surface area contributed by atoms with Gasteiger partial charge in [0.2, 0.25) is 0 Å². The van der Waals surface area contributed by atoms with Crippen molar-refractivity contribution < 1.29 is 4.79 Å². The van der Waals surface area contributed by atoms with Gasteiger partial charge in [0.05, 0.1) is 11.0 Å². The van der Waals surface area contributed by atoms with E-state index in [0.29, 0.717) is 16.8 Å². The summed E-state index contributed by atoms with van der Waals surface area (Å²) in [5, 5.41) is 0.620. The summed E-state index contributed by atoms with van der Waals surface area (Å²) < 4.78 is 0. The molecule has 2 rings (SSSR count). The minimum absolute atomic E-state index is 0.0191. The predicted octanol–water partition coefficient (Wildman–Crippen LogP) is 3.78. The van der Waals surface area contributed by atoms with Crippen LogP contribution in [0.2, 0.25) is 0 Å². The van der Waals surface area contributed by atoms with Crippen molar-refractivity contribution in [3.8, 4) is 0 Å². The predicted molar refractivity (Wildman–Crippen MR) is 84.4 cm³/mol. The quantitative estimate of drug-likeness (QED) is 0.594. The van der Waals surface area contributed by atoms with E-state index in [2.05, 4.69) is 27.7 Å². The van der Waals surface area contributed by atoms with E-state index in [1.807, 2.05) is 38.1 Å². The van der Waals surface area contributed by atoms with Crippen molar-refractivity contribution in [1.82, 2.24) is 0 Å². The molecule has 0 saturated heterocycles. The van der Waals surface area contributed by atoms with Crippen molar-refractivity contribution in [1.29, 1.82) is 0 Å². The third kappa shape index (κ3) is 2.46. The molecule has 1 aliphatic rings. The smallest absolute Gasteiger partial charge is 0.195 e. The molecule has 1 aromatic rings. The first-order valence-electron chi connectivity index (χ1n) is 6.42. The lowest BCUT2D eigenvalue weighted by atomic mass is 9.89. The third-order valence-electron chi connectivity index (χ3n) is 3.50. The van der Waals surface area contributed by atoms with Crippen LogP contribution in [-0.4, -0.2) is 16.8 Å². The van der Waals surface area contributed by atoms with Crippen LogP contribution in [-0.2, 0) is 4.79 Å². The molecule has 98 valence electrons. The average Bonchev–Trinajstić information content (AvgIpc) is 2.40. The number of carbonyl (C=O) groups excluding carboxylic acids is 1. The van der Waals surface area contributed by atoms with E-state index in [1.165, 1.54) is 0 Å². The molecule has 0 bridgehead atoms. The molecule has 0 amide bonds. The fourth-order valence-corrected chi connectivity index (χ4v) is 2.38. The molecule has 0 unspecified atom stereocenters. The number of hydrogen-bond donors (Lipinski definition) is 0. The summed E-state index contributed by atoms with van der Waals surface area (Å²) in [6.07, 6.45) is 0. The number of fused-ring (bicyclic) bond motifs is 1. The summed E-state index contributed by atoms with van der Waals surface area (Å²) in [5.41, 5.74) is 4.47. The summed E-state index contributed by atoms with van der Waals surface area (Å²) in [4.78, 5) is 16.9. The molecule has 0 saturated carbocycles. The third-order valence-corrected chi connectivity index (χ3v) is 3.99. The lowest BCUT2D eigenvalue weighted by Gasteiger charge is -2.20. The second kappa shape index (κ2) is 5.22. The summed E-state index contributed by atoms with van der Waals surface area (Å²) in [5.74, 6) is 0.391. The van der Waals surface area contributed by atoms with Crippen molar-refractivity contribution in [2.24, 2.45) is 10.9 Å². The highest BCUT2D eigenvalue weighted by Crippen LogP contribution is 2.31. The van der Waals surface area contributed by atoms with E-state index in [4.69, 9.17) is 0 Å². The van der Waals surface area contributed by atoms with Crippen LogP contribution in [0.1, 0.15) is 38.8 Å². The Hall–Kier alpha value is -1.53. The maximum Gasteiger partial charge on any atom is 0.195 e. The zero-order valence-corrected chi connectivity index (χ0v) is 12.7. The van der Waals surface area contributed by atoms with Crippen molar-refractivity contribution >= 4 is 31.3 Å². The van der Waals surface area contributed by atoms with Crippen LogP contribution in [0.15, 0.2) is 34.8 Å². The molecule has 0 spiro atoms. The number of hydrogen-bond acceptors (Lipinski definition) is 2. The Kier molecular flexibility index (Phi) is 3.82. The first-order chi connectivity index (χ1) is 8.93. The molecule has 0 aliphatic heterocycles. The largest absolute Gasteiger partial charge is 0.289 e. The fourth-order valence-electron chi connectivity index (χ4n) is 1.98. The van der Waals surface area contributed by atoms with Crippen molar-refractivity contribution in [3.05, 3.63) is 41.0 Å². The molecule has 0 radical (unpaired) electrons. The van der Waals surface area contributed by atoms with Gasteiger partial charge >= 0.3 is 0 Å². The van der Waals surface area contributed by atoms with Gasteiger partial charge in [0.25, 0.3) is 0 Å². The highest BCUT2D eigenvalue weighted by Gasteiger charge is 2.26. The zero-order valence-electron chi connectivity index (χ0n) is 11.7. The lowest BCUT2D eigenvalue weighted by molar-refractivity contribution is -0.109. The van der Waals surface area contributed by atoms with E-state index in [9.17, 15) is 4.79 Å². The van der Waals surface area contributed by atoms with Crippen LogP contribution in [0.25, 0.3) is 5.70 Å². The van der Waals surface area contributed by atoms with E-state index in [0.717, 1.165) is 22.5 Å². The minimum atomic E-state index is 0.0191. The van der Waals surface area contributed by atoms with Gasteiger partial charge in [-0.1, -0.05) is 38.1 Å². The second-order valence-corrected chi connectivity index (χ2v) is 5.63. The first kappa shape index (κ1) is 13.9. The van der Waals surface area contributed by atoms with Crippen molar-refractivity contribution in [2.45, 2.75) is 27.7 Å². The fraction of sp³-hybridized carbons (Fsp3) is 0.312. The minimum Gasteiger partial charge on any atom is -0.289 e. The number of nitrogens with zero attached hydrogens (tertiary/aromatic N) is 1. The normalized spacial score (nSPS) is 16.2. The maximum atomic E-state index is 12.2. The topological polar surface area (TPSA) is 29.4 Å². The van der Waals surface area contributed by atoms with Gasteiger partial charge in [0.1, 0.15) is 0 Å². The Morgan fingerprint density at radius 2 is 1.79 bits per heavy atom. The highest BCUT2D eigenvalue weighted by molar-refractivity contribution is 7.27. The first-order valence-corrected chi connectivity index (χ1v) is 6.92. The molecule has 1 aromatic carbocycles. The number of carbonyl (C=O) groups is 1. The van der Waals surface area contributed by atoms with Crippen LogP contribution in [0.3, 0.4) is 0 Å². The van der Waals surface area contributed by atoms with Crippen LogP contribution in [0.4, 0.5) is 0 Å². The van der Waals surface area contributed by atoms with Gasteiger partial charge in [-0.3, -0.25) is 9.79 Å². The standard InChI is InChI=1S/C16H18NOP/c1-9(2)11(4)17-14-10(3)15(18)16(19)13-8-6-5-7-12(13)14/h5-9,19H,1-4H3. The van der Waals surface area contributed by atoms with Gasteiger partial charge in [-0.05, 0) is 25.3 Å². The number of benzene rings is 1. The van der Waals surface area contributed by atoms with Crippen LogP contribution in [0.5, 0.6) is 0 Å². The zero-order chi connectivity index (χ0) is 14.2. The van der Waals surface area contributed by atoms with E-state index < -0.39 is 0 Å². The Bertz CT molecular complexity index is 623. The van der Waals surface area contributed by atoms with Gasteiger partial charge in [0.15, 0.2) is 5.78 Å². The van der Waals surface area contributed by atoms with Crippen LogP contribution >= 0.6 is 8.86 Å². The van der Waals surface area contributed by atoms with Gasteiger partial charge in [-0.15, -0.1) is 8.86 Å². The molecular weight excluding hydrogens is 253 g/mol. The van der Waals surface area contributed by atoms with E-state index in [-0.39, 0.29) is 5.78 Å². The van der Waals surface area contributed by atoms with Gasteiger partial charge in [0, 0.05) is 16.8 Å². The van der Waals surface area contributed by atoms with E-state index in [1.54, 1.807) is 0 Å². The number of aliphatic imine (C=N–C) groups is 1. The molecule has 19 heavy (non-hydrogen) atoms. The van der Waals surface area contributed by atoms with Crippen LogP contribution in [0, 0.1) is 5.92 Å². The molecule has 0 heterocycles. The molecule has 0 N–H and O–H groups in total. The second-order valence-electron chi connectivity index (χ2n) is 5.13. The summed E-state index contributed by atoms with van der Waals surface area (Å²) >= 11 is 0. The molecule has 0 atom stereocenters. The monoisotopic (exact) mass is 271 g/mol. The molecule has 0 fully saturated rings. The van der Waals surface area contributed by atoms with Crippen LogP contribution < -0.4 is 0 Å². The van der Waals surface area contributed by atoms with Crippen molar-refractivity contribution in [3.63, 3.8) is 0 Å². The molecule has 1 aliphatic carbocycles. The SMILES string of the molecule is CC(=NC1=C(C)C(=O)C(=P)c2ccccc21)C(C)C. The molecular formula is C16H18NOP. The molecule has 2 nitrogen and oxygen atoms in total. The molecule has 0 aromatic heterocycles. The van der Waals surface area contributed by atoms with Gasteiger partial charge < -0.3 is 0 Å². The summed E-state index contributed by atoms with van der Waals surface area (Å²) in [6.45, 7) is 8.05. The van der Waals surface area contributed by atoms with Gasteiger partial charge in [-0.2, -0.15) is 0 Å². The Morgan fingerprint density at radius 3 is 2.37 bits per heavy atom. The average molecular weight is 271 g/mol. The Morgan fingerprint density at radius 1 is 1.21 bits per heavy atom. The lowest BCUT2D eigenvalue weighted by Crippen LogP contribution is -2.21. The highest BCUT2D eigenvalue weighted by atomic mass is 31.0. The molecule has 3 heteroatoms. The Balaban J connectivity index is 2.67. The number of rotatable bonds is 2. The Labute approximate surface area is 116 Å². The number of Topliss-reactive ketones (excluding diaryl/α,β-unsaturated/α-hetero) is 1. The van der Waals surface area contributed by atoms with E-state index >= 15 is 0 Å². The maximum absolute atomic E-state index is 12.2. The summed E-state index contributed by atoms with van der Waals surface area (Å²) in [7, 11) is 3.46. The summed E-state index contributed by atoms with van der Waals surface area (Å²) in [6, 6.07) is 7.87.